The second kappa shape index (κ2) is 5.78. The molecule has 0 amide bonds. The Bertz CT molecular complexity index is 548. The van der Waals surface area contributed by atoms with Gasteiger partial charge in [-0.2, -0.15) is 0 Å². The smallest absolute Gasteiger partial charge is 0.143 e. The topological polar surface area (TPSA) is 39.2 Å². The summed E-state index contributed by atoms with van der Waals surface area (Å²) in [5, 5.41) is 2.94. The molecule has 0 N–H and O–H groups in total. The van der Waals surface area contributed by atoms with Crippen LogP contribution in [0.15, 0.2) is 29.6 Å². The number of hydrogen-bond donors (Lipinski definition) is 0. The molecule has 0 aliphatic rings. The molecular weight excluding hydrogens is 246 g/mol. The lowest BCUT2D eigenvalue weighted by Crippen LogP contribution is -2.07. The number of methoxy groups -OCH3 is 1. The highest BCUT2D eigenvalue weighted by Gasteiger charge is 2.10. The van der Waals surface area contributed by atoms with Crippen LogP contribution in [0.25, 0.3) is 0 Å². The number of nitrogens with zero attached hydrogens (tertiary/aromatic N) is 1. The van der Waals surface area contributed by atoms with E-state index in [4.69, 9.17) is 4.74 Å². The molecule has 2 rings (SSSR count). The lowest BCUT2D eigenvalue weighted by Gasteiger charge is -2.06. The van der Waals surface area contributed by atoms with Gasteiger partial charge in [0.1, 0.15) is 11.5 Å². The molecule has 0 fully saturated rings. The first-order chi connectivity index (χ1) is 8.69. The molecule has 0 saturated carbocycles. The minimum Gasteiger partial charge on any atom is -0.496 e. The fourth-order valence-electron chi connectivity index (χ4n) is 1.82. The molecule has 2 aromatic rings. The summed E-state index contributed by atoms with van der Waals surface area (Å²) in [5.41, 5.74) is 1.79. The lowest BCUT2D eigenvalue weighted by atomic mass is 10.1. The minimum absolute atomic E-state index is 0.157. The van der Waals surface area contributed by atoms with E-state index in [2.05, 4.69) is 4.98 Å². The van der Waals surface area contributed by atoms with Crippen LogP contribution in [0.4, 0.5) is 0 Å². The average Bonchev–Trinajstić information content (AvgIpc) is 2.75. The summed E-state index contributed by atoms with van der Waals surface area (Å²) in [6.07, 6.45) is 0.781. The molecule has 1 heterocycles. The van der Waals surface area contributed by atoms with E-state index < -0.39 is 0 Å². The number of carbonyl (C=O) groups is 1. The van der Waals surface area contributed by atoms with Crippen molar-refractivity contribution >= 4 is 17.1 Å². The monoisotopic (exact) mass is 261 g/mol. The summed E-state index contributed by atoms with van der Waals surface area (Å²) in [6, 6.07) is 7.60. The minimum atomic E-state index is 0.157. The predicted octanol–water partition coefficient (Wildman–Crippen LogP) is 2.81. The van der Waals surface area contributed by atoms with E-state index in [1.54, 1.807) is 18.4 Å². The van der Waals surface area contributed by atoms with E-state index in [1.807, 2.05) is 36.6 Å². The fourth-order valence-corrected chi connectivity index (χ4v) is 2.43. The van der Waals surface area contributed by atoms with E-state index in [0.29, 0.717) is 12.8 Å². The highest BCUT2D eigenvalue weighted by molar-refractivity contribution is 7.09. The summed E-state index contributed by atoms with van der Waals surface area (Å²) in [5.74, 6) is 0.921. The van der Waals surface area contributed by atoms with Crippen molar-refractivity contribution in [1.29, 1.82) is 0 Å². The Morgan fingerprint density at radius 2 is 2.11 bits per heavy atom. The van der Waals surface area contributed by atoms with Crippen molar-refractivity contribution in [3.05, 3.63) is 45.9 Å². The Morgan fingerprint density at radius 1 is 1.33 bits per heavy atom. The Balaban J connectivity index is 2.03. The summed E-state index contributed by atoms with van der Waals surface area (Å²) in [6.45, 7) is 1.94. The molecule has 94 valence electrons. The van der Waals surface area contributed by atoms with Crippen molar-refractivity contribution < 1.29 is 9.53 Å². The molecule has 0 aliphatic carbocycles. The van der Waals surface area contributed by atoms with Crippen molar-refractivity contribution in [1.82, 2.24) is 4.98 Å². The first-order valence-corrected chi connectivity index (χ1v) is 6.61. The molecule has 0 saturated heterocycles. The Labute approximate surface area is 110 Å². The third-order valence-corrected chi connectivity index (χ3v) is 3.45. The van der Waals surface area contributed by atoms with Crippen molar-refractivity contribution in [2.24, 2.45) is 0 Å². The molecule has 0 unspecified atom stereocenters. The number of para-hydroxylation sites is 1. The summed E-state index contributed by atoms with van der Waals surface area (Å²) < 4.78 is 5.23. The highest BCUT2D eigenvalue weighted by atomic mass is 32.1. The number of rotatable bonds is 5. The Kier molecular flexibility index (Phi) is 4.10. The van der Waals surface area contributed by atoms with Crippen LogP contribution in [0.2, 0.25) is 0 Å². The number of thiazole rings is 1. The third kappa shape index (κ3) is 3.17. The second-order valence-corrected chi connectivity index (χ2v) is 5.12. The summed E-state index contributed by atoms with van der Waals surface area (Å²) >= 11 is 1.57. The van der Waals surface area contributed by atoms with Gasteiger partial charge in [0, 0.05) is 23.8 Å². The lowest BCUT2D eigenvalue weighted by molar-refractivity contribution is -0.117. The van der Waals surface area contributed by atoms with Gasteiger partial charge in [0.25, 0.3) is 0 Å². The fraction of sp³-hybridized carbons (Fsp3) is 0.286. The van der Waals surface area contributed by atoms with Gasteiger partial charge < -0.3 is 4.74 Å². The van der Waals surface area contributed by atoms with Crippen LogP contribution < -0.4 is 4.74 Å². The molecule has 0 radical (unpaired) electrons. The first-order valence-electron chi connectivity index (χ1n) is 5.73. The number of Topliss-reactive ketones (excluding diaryl/α,β-unsaturated/α-hetero) is 1. The van der Waals surface area contributed by atoms with Crippen molar-refractivity contribution in [2.75, 3.05) is 7.11 Å². The third-order valence-electron chi connectivity index (χ3n) is 2.63. The molecule has 3 nitrogen and oxygen atoms in total. The molecule has 0 aliphatic heterocycles. The van der Waals surface area contributed by atoms with Crippen LogP contribution in [0.1, 0.15) is 16.3 Å². The van der Waals surface area contributed by atoms with Gasteiger partial charge in [-0.25, -0.2) is 4.98 Å². The van der Waals surface area contributed by atoms with Gasteiger partial charge in [0.05, 0.1) is 17.8 Å². The zero-order chi connectivity index (χ0) is 13.0. The number of hydrogen-bond acceptors (Lipinski definition) is 4. The predicted molar refractivity (Wildman–Crippen MR) is 72.3 cm³/mol. The second-order valence-electron chi connectivity index (χ2n) is 4.06. The van der Waals surface area contributed by atoms with Gasteiger partial charge in [0.15, 0.2) is 0 Å². The van der Waals surface area contributed by atoms with Gasteiger partial charge in [-0.05, 0) is 13.0 Å². The molecule has 1 aromatic heterocycles. The van der Waals surface area contributed by atoms with Crippen LogP contribution in [-0.4, -0.2) is 17.9 Å². The molecule has 0 bridgehead atoms. The maximum atomic E-state index is 12.0. The van der Waals surface area contributed by atoms with Crippen LogP contribution in [-0.2, 0) is 17.6 Å². The van der Waals surface area contributed by atoms with Crippen molar-refractivity contribution in [3.63, 3.8) is 0 Å². The normalized spacial score (nSPS) is 10.3. The van der Waals surface area contributed by atoms with Crippen molar-refractivity contribution in [2.45, 2.75) is 19.8 Å². The zero-order valence-corrected chi connectivity index (χ0v) is 11.3. The number of ketones is 1. The quantitative estimate of drug-likeness (QED) is 0.830. The molecule has 1 aromatic carbocycles. The average molecular weight is 261 g/mol. The number of carbonyl (C=O) groups excluding carboxylic acids is 1. The SMILES string of the molecule is COc1ccccc1CC(=O)Cc1csc(C)n1. The van der Waals surface area contributed by atoms with E-state index in [0.717, 1.165) is 22.0 Å². The van der Waals surface area contributed by atoms with Gasteiger partial charge >= 0.3 is 0 Å². The van der Waals surface area contributed by atoms with Gasteiger partial charge in [-0.15, -0.1) is 11.3 Å². The number of benzene rings is 1. The number of aryl methyl sites for hydroxylation is 1. The van der Waals surface area contributed by atoms with E-state index >= 15 is 0 Å². The maximum Gasteiger partial charge on any atom is 0.143 e. The molecule has 0 atom stereocenters. The highest BCUT2D eigenvalue weighted by Crippen LogP contribution is 2.18. The van der Waals surface area contributed by atoms with Gasteiger partial charge in [0.2, 0.25) is 0 Å². The van der Waals surface area contributed by atoms with Crippen LogP contribution >= 0.6 is 11.3 Å². The Morgan fingerprint density at radius 3 is 2.78 bits per heavy atom. The standard InChI is InChI=1S/C14H15NO2S/c1-10-15-12(9-18-10)8-13(16)7-11-5-3-4-6-14(11)17-2/h3-6,9H,7-8H2,1-2H3. The maximum absolute atomic E-state index is 12.0. The molecule has 4 heteroatoms. The van der Waals surface area contributed by atoms with Crippen molar-refractivity contribution in [3.8, 4) is 5.75 Å². The largest absolute Gasteiger partial charge is 0.496 e. The molecule has 18 heavy (non-hydrogen) atoms. The van der Waals surface area contributed by atoms with E-state index in [-0.39, 0.29) is 5.78 Å². The Hall–Kier alpha value is -1.68. The van der Waals surface area contributed by atoms with Gasteiger partial charge in [-0.1, -0.05) is 18.2 Å². The number of aromatic nitrogens is 1. The van der Waals surface area contributed by atoms with Gasteiger partial charge in [-0.3, -0.25) is 4.79 Å². The summed E-state index contributed by atoms with van der Waals surface area (Å²) in [4.78, 5) is 16.3. The van der Waals surface area contributed by atoms with Crippen LogP contribution in [0, 0.1) is 6.92 Å². The zero-order valence-electron chi connectivity index (χ0n) is 10.5. The first kappa shape index (κ1) is 12.8. The van der Waals surface area contributed by atoms with Crippen LogP contribution in [0.3, 0.4) is 0 Å². The molecule has 0 spiro atoms. The van der Waals surface area contributed by atoms with E-state index in [9.17, 15) is 4.79 Å². The molecular formula is C14H15NO2S. The van der Waals surface area contributed by atoms with Crippen LogP contribution in [0.5, 0.6) is 5.75 Å². The summed E-state index contributed by atoms with van der Waals surface area (Å²) in [7, 11) is 1.62. The van der Waals surface area contributed by atoms with E-state index in [1.165, 1.54) is 0 Å². The number of ether oxygens (including phenoxy) is 1.